The van der Waals surface area contributed by atoms with Crippen LogP contribution in [0.3, 0.4) is 0 Å². The van der Waals surface area contributed by atoms with Gasteiger partial charge in [0.2, 0.25) is 0 Å². The summed E-state index contributed by atoms with van der Waals surface area (Å²) in [6, 6.07) is 12.8. The molecule has 0 amide bonds. The van der Waals surface area contributed by atoms with Gasteiger partial charge >= 0.3 is 5.97 Å². The van der Waals surface area contributed by atoms with Crippen LogP contribution in [-0.2, 0) is 21.4 Å². The minimum absolute atomic E-state index is 0.00908. The van der Waals surface area contributed by atoms with E-state index in [0.717, 1.165) is 49.3 Å². The second kappa shape index (κ2) is 9.17. The van der Waals surface area contributed by atoms with E-state index >= 15 is 0 Å². The Balaban J connectivity index is 1.46. The maximum absolute atomic E-state index is 14.0. The zero-order chi connectivity index (χ0) is 22.0. The molecule has 1 saturated heterocycles. The van der Waals surface area contributed by atoms with Crippen LogP contribution in [0.4, 0.5) is 10.1 Å². The Labute approximate surface area is 188 Å². The fourth-order valence-electron chi connectivity index (χ4n) is 5.20. The summed E-state index contributed by atoms with van der Waals surface area (Å²) in [4.78, 5) is 17.3. The fourth-order valence-corrected chi connectivity index (χ4v) is 5.42. The van der Waals surface area contributed by atoms with Crippen molar-refractivity contribution in [3.63, 3.8) is 0 Å². The van der Waals surface area contributed by atoms with E-state index in [2.05, 4.69) is 16.8 Å². The predicted molar refractivity (Wildman–Crippen MR) is 122 cm³/mol. The van der Waals surface area contributed by atoms with Gasteiger partial charge < -0.3 is 14.5 Å². The van der Waals surface area contributed by atoms with Gasteiger partial charge in [0.1, 0.15) is 5.82 Å². The van der Waals surface area contributed by atoms with Crippen LogP contribution in [0.1, 0.15) is 30.9 Å². The highest BCUT2D eigenvalue weighted by Gasteiger charge is 2.44. The largest absolute Gasteiger partial charge is 0.466 e. The van der Waals surface area contributed by atoms with Crippen LogP contribution in [0.15, 0.2) is 42.5 Å². The average molecular weight is 445 g/mol. The van der Waals surface area contributed by atoms with Crippen molar-refractivity contribution >= 4 is 23.3 Å². The molecule has 2 aliphatic heterocycles. The van der Waals surface area contributed by atoms with Crippen molar-refractivity contribution in [2.24, 2.45) is 5.92 Å². The molecule has 0 aromatic heterocycles. The first-order valence-corrected chi connectivity index (χ1v) is 11.4. The molecule has 6 heteroatoms. The van der Waals surface area contributed by atoms with Gasteiger partial charge in [-0.05, 0) is 74.7 Å². The van der Waals surface area contributed by atoms with Gasteiger partial charge in [0.15, 0.2) is 0 Å². The van der Waals surface area contributed by atoms with Crippen LogP contribution >= 0.6 is 11.6 Å². The normalized spacial score (nSPS) is 18.8. The number of carbonyl (C=O) groups is 1. The molecule has 2 heterocycles. The van der Waals surface area contributed by atoms with E-state index in [-0.39, 0.29) is 23.1 Å². The SMILES string of the molecule is CCOC(=O)C(Cc1ccccc1Cl)CN1CCC2(CC1)CN(C)c1ccc(F)cc12. The highest BCUT2D eigenvalue weighted by atomic mass is 35.5. The van der Waals surface area contributed by atoms with Crippen LogP contribution in [-0.4, -0.2) is 50.7 Å². The van der Waals surface area contributed by atoms with Crippen molar-refractivity contribution in [2.45, 2.75) is 31.6 Å². The molecule has 4 rings (SSSR count). The number of piperidine rings is 1. The zero-order valence-corrected chi connectivity index (χ0v) is 19.0. The minimum atomic E-state index is -0.259. The Hall–Kier alpha value is -2.11. The van der Waals surface area contributed by atoms with Crippen LogP contribution < -0.4 is 4.90 Å². The first-order valence-electron chi connectivity index (χ1n) is 11.1. The zero-order valence-electron chi connectivity index (χ0n) is 18.2. The Morgan fingerprint density at radius 3 is 2.68 bits per heavy atom. The van der Waals surface area contributed by atoms with Gasteiger partial charge in [0, 0.05) is 36.3 Å². The van der Waals surface area contributed by atoms with Gasteiger partial charge in [-0.3, -0.25) is 4.79 Å². The molecule has 1 spiro atoms. The first-order chi connectivity index (χ1) is 14.9. The number of esters is 1. The summed E-state index contributed by atoms with van der Waals surface area (Å²) >= 11 is 6.35. The number of hydrogen-bond donors (Lipinski definition) is 0. The number of halogens is 2. The molecular weight excluding hydrogens is 415 g/mol. The van der Waals surface area contributed by atoms with E-state index in [1.54, 1.807) is 12.1 Å². The Bertz CT molecular complexity index is 943. The Kier molecular flexibility index (Phi) is 6.54. The molecule has 2 aliphatic rings. The van der Waals surface area contributed by atoms with Crippen molar-refractivity contribution < 1.29 is 13.9 Å². The van der Waals surface area contributed by atoms with Gasteiger partial charge in [0.25, 0.3) is 0 Å². The lowest BCUT2D eigenvalue weighted by molar-refractivity contribution is -0.148. The third kappa shape index (κ3) is 4.58. The summed E-state index contributed by atoms with van der Waals surface area (Å²) in [6.45, 7) is 5.52. The fraction of sp³-hybridized carbons (Fsp3) is 0.480. The molecule has 2 aromatic rings. The maximum atomic E-state index is 14.0. The molecule has 0 saturated carbocycles. The number of rotatable bonds is 6. The molecule has 0 bridgehead atoms. The first kappa shape index (κ1) is 22.1. The van der Waals surface area contributed by atoms with Crippen LogP contribution in [0.2, 0.25) is 5.02 Å². The molecule has 0 aliphatic carbocycles. The number of ether oxygens (including phenoxy) is 1. The highest BCUT2D eigenvalue weighted by molar-refractivity contribution is 6.31. The summed E-state index contributed by atoms with van der Waals surface area (Å²) < 4.78 is 19.4. The molecular formula is C25H30ClFN2O2. The summed E-state index contributed by atoms with van der Waals surface area (Å²) in [5.41, 5.74) is 3.23. The van der Waals surface area contributed by atoms with Crippen molar-refractivity contribution in [3.05, 3.63) is 64.4 Å². The van der Waals surface area contributed by atoms with E-state index in [9.17, 15) is 9.18 Å². The number of benzene rings is 2. The minimum Gasteiger partial charge on any atom is -0.466 e. The van der Waals surface area contributed by atoms with E-state index in [1.807, 2.05) is 37.3 Å². The quantitative estimate of drug-likeness (QED) is 0.605. The second-order valence-corrected chi connectivity index (χ2v) is 9.25. The van der Waals surface area contributed by atoms with E-state index in [0.29, 0.717) is 24.6 Å². The molecule has 1 fully saturated rings. The number of likely N-dealkylation sites (tertiary alicyclic amines) is 1. The monoisotopic (exact) mass is 444 g/mol. The lowest BCUT2D eigenvalue weighted by Crippen LogP contribution is -2.47. The van der Waals surface area contributed by atoms with Crippen molar-refractivity contribution in [2.75, 3.05) is 44.7 Å². The summed E-state index contributed by atoms with van der Waals surface area (Å²) in [6.07, 6.45) is 2.47. The number of hydrogen-bond acceptors (Lipinski definition) is 4. The van der Waals surface area contributed by atoms with E-state index in [1.165, 1.54) is 0 Å². The van der Waals surface area contributed by atoms with E-state index < -0.39 is 0 Å². The standard InChI is InChI=1S/C25H30ClFN2O2/c1-3-31-24(30)19(14-18-6-4-5-7-22(18)26)16-29-12-10-25(11-13-29)17-28(2)23-9-8-20(27)15-21(23)25/h4-9,15,19H,3,10-14,16-17H2,1-2H3. The lowest BCUT2D eigenvalue weighted by atomic mass is 9.74. The maximum Gasteiger partial charge on any atom is 0.310 e. The van der Waals surface area contributed by atoms with Crippen molar-refractivity contribution in [3.8, 4) is 0 Å². The molecule has 4 nitrogen and oxygen atoms in total. The molecule has 0 N–H and O–H groups in total. The average Bonchev–Trinajstić information content (AvgIpc) is 3.01. The van der Waals surface area contributed by atoms with Gasteiger partial charge in [-0.25, -0.2) is 4.39 Å². The predicted octanol–water partition coefficient (Wildman–Crippen LogP) is 4.68. The molecule has 31 heavy (non-hydrogen) atoms. The Morgan fingerprint density at radius 2 is 1.97 bits per heavy atom. The third-order valence-corrected chi connectivity index (χ3v) is 7.19. The second-order valence-electron chi connectivity index (χ2n) is 8.84. The number of anilines is 1. The number of carbonyl (C=O) groups excluding carboxylic acids is 1. The van der Waals surface area contributed by atoms with Crippen LogP contribution in [0.5, 0.6) is 0 Å². The highest BCUT2D eigenvalue weighted by Crippen LogP contribution is 2.46. The lowest BCUT2D eigenvalue weighted by Gasteiger charge is -2.40. The molecule has 0 radical (unpaired) electrons. The molecule has 1 atom stereocenters. The van der Waals surface area contributed by atoms with Gasteiger partial charge in [-0.2, -0.15) is 0 Å². The van der Waals surface area contributed by atoms with Crippen molar-refractivity contribution in [1.82, 2.24) is 4.90 Å². The van der Waals surface area contributed by atoms with E-state index in [4.69, 9.17) is 16.3 Å². The third-order valence-electron chi connectivity index (χ3n) is 6.82. The summed E-state index contributed by atoms with van der Waals surface area (Å²) in [5.74, 6) is -0.599. The van der Waals surface area contributed by atoms with Crippen LogP contribution in [0.25, 0.3) is 0 Å². The molecule has 166 valence electrons. The number of fused-ring (bicyclic) bond motifs is 2. The smallest absolute Gasteiger partial charge is 0.310 e. The van der Waals surface area contributed by atoms with Crippen molar-refractivity contribution in [1.29, 1.82) is 0 Å². The molecule has 2 aromatic carbocycles. The number of nitrogens with zero attached hydrogens (tertiary/aromatic N) is 2. The van der Waals surface area contributed by atoms with Gasteiger partial charge in [-0.15, -0.1) is 0 Å². The summed E-state index contributed by atoms with van der Waals surface area (Å²) in [5, 5.41) is 0.682. The number of likely N-dealkylation sites (N-methyl/N-ethyl adjacent to an activating group) is 1. The topological polar surface area (TPSA) is 32.8 Å². The van der Waals surface area contributed by atoms with Crippen LogP contribution in [0, 0.1) is 11.7 Å². The Morgan fingerprint density at radius 1 is 1.23 bits per heavy atom. The van der Waals surface area contributed by atoms with Gasteiger partial charge in [-0.1, -0.05) is 29.8 Å². The molecule has 1 unspecified atom stereocenters. The van der Waals surface area contributed by atoms with Gasteiger partial charge in [0.05, 0.1) is 12.5 Å². The summed E-state index contributed by atoms with van der Waals surface area (Å²) in [7, 11) is 2.08.